The number of rotatable bonds is 10. The summed E-state index contributed by atoms with van der Waals surface area (Å²) in [5, 5.41) is 15.9. The van der Waals surface area contributed by atoms with Crippen LogP contribution in [0.2, 0.25) is 0 Å². The molecule has 0 spiro atoms. The highest BCUT2D eigenvalue weighted by Gasteiger charge is 2.33. The summed E-state index contributed by atoms with van der Waals surface area (Å²) in [6, 6.07) is 4.23. The number of methoxy groups -OCH3 is 2. The summed E-state index contributed by atoms with van der Waals surface area (Å²) < 4.78 is 20.0. The van der Waals surface area contributed by atoms with Crippen molar-refractivity contribution in [2.24, 2.45) is 13.0 Å². The number of amides is 2. The average Bonchev–Trinajstić information content (AvgIpc) is 3.50. The summed E-state index contributed by atoms with van der Waals surface area (Å²) in [6.45, 7) is 7.63. The third kappa shape index (κ3) is 6.94. The average molecular weight is 540 g/mol. The molecular weight excluding hydrogens is 502 g/mol. The molecule has 1 aliphatic heterocycles. The summed E-state index contributed by atoms with van der Waals surface area (Å²) in [5.41, 5.74) is 3.17. The Balaban J connectivity index is 1.39. The normalized spacial score (nSPS) is 16.3. The van der Waals surface area contributed by atoms with Gasteiger partial charge < -0.3 is 24.4 Å². The second-order valence-electron chi connectivity index (χ2n) is 10.1. The van der Waals surface area contributed by atoms with E-state index in [1.54, 1.807) is 32.5 Å². The van der Waals surface area contributed by atoms with Gasteiger partial charge in [0.2, 0.25) is 5.91 Å². The number of aromatic nitrogens is 5. The summed E-state index contributed by atoms with van der Waals surface area (Å²) in [7, 11) is 4.93. The number of carbonyl (C=O) groups is 2. The van der Waals surface area contributed by atoms with Crippen LogP contribution in [0.15, 0.2) is 30.6 Å². The molecule has 3 aromatic rings. The van der Waals surface area contributed by atoms with Crippen LogP contribution in [0.25, 0.3) is 0 Å². The third-order valence-electron chi connectivity index (χ3n) is 6.73. The van der Waals surface area contributed by atoms with Crippen molar-refractivity contribution < 1.29 is 23.8 Å². The van der Waals surface area contributed by atoms with Crippen molar-refractivity contribution in [2.75, 3.05) is 33.9 Å². The van der Waals surface area contributed by atoms with Crippen LogP contribution >= 0.6 is 0 Å². The molecule has 2 unspecified atom stereocenters. The molecule has 1 aliphatic rings. The van der Waals surface area contributed by atoms with E-state index in [4.69, 9.17) is 14.2 Å². The fraction of sp³-hybridized carbons (Fsp3) is 0.519. The van der Waals surface area contributed by atoms with Crippen LogP contribution < -0.4 is 14.8 Å². The number of benzene rings is 1. The van der Waals surface area contributed by atoms with Crippen molar-refractivity contribution in [2.45, 2.75) is 45.9 Å². The largest absolute Gasteiger partial charge is 0.497 e. The second kappa shape index (κ2) is 12.3. The Morgan fingerprint density at radius 3 is 2.49 bits per heavy atom. The minimum atomic E-state index is -0.698. The molecule has 2 atom stereocenters. The SMILES string of the molecule is COc1cc(OC)cc(C(=O)NC(C(=O)N2CCOC(Cc3cn(Cc4nn(C)cc4C)nn3)C2)C(C)C)c1. The molecule has 12 nitrogen and oxygen atoms in total. The maximum Gasteiger partial charge on any atom is 0.252 e. The fourth-order valence-corrected chi connectivity index (χ4v) is 4.62. The number of carbonyl (C=O) groups excluding carboxylic acids is 2. The van der Waals surface area contributed by atoms with Crippen molar-refractivity contribution in [3.63, 3.8) is 0 Å². The Bertz CT molecular complexity index is 1280. The van der Waals surface area contributed by atoms with Gasteiger partial charge in [-0.15, -0.1) is 5.10 Å². The van der Waals surface area contributed by atoms with E-state index in [9.17, 15) is 9.59 Å². The lowest BCUT2D eigenvalue weighted by Gasteiger charge is -2.36. The van der Waals surface area contributed by atoms with E-state index in [2.05, 4.69) is 20.7 Å². The molecule has 1 saturated heterocycles. The highest BCUT2D eigenvalue weighted by atomic mass is 16.5. The maximum atomic E-state index is 13.6. The minimum Gasteiger partial charge on any atom is -0.497 e. The van der Waals surface area contributed by atoms with Gasteiger partial charge in [-0.05, 0) is 30.5 Å². The minimum absolute atomic E-state index is 0.120. The van der Waals surface area contributed by atoms with E-state index in [1.165, 1.54) is 14.2 Å². The van der Waals surface area contributed by atoms with Crippen molar-refractivity contribution >= 4 is 11.8 Å². The molecule has 1 aromatic carbocycles. The Morgan fingerprint density at radius 2 is 1.87 bits per heavy atom. The monoisotopic (exact) mass is 539 g/mol. The van der Waals surface area contributed by atoms with Gasteiger partial charge in [0.25, 0.3) is 5.91 Å². The third-order valence-corrected chi connectivity index (χ3v) is 6.73. The summed E-state index contributed by atoms with van der Waals surface area (Å²) >= 11 is 0. The summed E-state index contributed by atoms with van der Waals surface area (Å²) in [5.74, 6) is 0.356. The van der Waals surface area contributed by atoms with Crippen LogP contribution in [0.1, 0.15) is 41.2 Å². The van der Waals surface area contributed by atoms with Crippen molar-refractivity contribution in [1.29, 1.82) is 0 Å². The number of ether oxygens (including phenoxy) is 3. The van der Waals surface area contributed by atoms with Gasteiger partial charge >= 0.3 is 0 Å². The zero-order valence-corrected chi connectivity index (χ0v) is 23.4. The first kappa shape index (κ1) is 28.1. The van der Waals surface area contributed by atoms with Gasteiger partial charge in [-0.2, -0.15) is 5.10 Å². The van der Waals surface area contributed by atoms with Gasteiger partial charge in [-0.1, -0.05) is 19.1 Å². The number of hydrogen-bond donors (Lipinski definition) is 1. The highest BCUT2D eigenvalue weighted by Crippen LogP contribution is 2.23. The molecule has 12 heteroatoms. The van der Waals surface area contributed by atoms with Crippen LogP contribution in [0, 0.1) is 12.8 Å². The Labute approximate surface area is 228 Å². The number of nitrogens with zero attached hydrogens (tertiary/aromatic N) is 6. The predicted octanol–water partition coefficient (Wildman–Crippen LogP) is 1.61. The topological polar surface area (TPSA) is 126 Å². The van der Waals surface area contributed by atoms with E-state index >= 15 is 0 Å². The van der Waals surface area contributed by atoms with Crippen LogP contribution in [-0.2, 0) is 29.5 Å². The number of aryl methyl sites for hydroxylation is 2. The van der Waals surface area contributed by atoms with Gasteiger partial charge in [-0.25, -0.2) is 4.68 Å². The number of morpholine rings is 1. The lowest BCUT2D eigenvalue weighted by Crippen LogP contribution is -2.55. The smallest absolute Gasteiger partial charge is 0.252 e. The van der Waals surface area contributed by atoms with Crippen molar-refractivity contribution in [1.82, 2.24) is 35.0 Å². The fourth-order valence-electron chi connectivity index (χ4n) is 4.62. The Hall–Kier alpha value is -3.93. The van der Waals surface area contributed by atoms with Gasteiger partial charge in [-0.3, -0.25) is 14.3 Å². The van der Waals surface area contributed by atoms with E-state index in [1.807, 2.05) is 40.2 Å². The van der Waals surface area contributed by atoms with Crippen LogP contribution in [0.3, 0.4) is 0 Å². The van der Waals surface area contributed by atoms with Gasteiger partial charge in [0, 0.05) is 50.6 Å². The molecule has 39 heavy (non-hydrogen) atoms. The zero-order chi connectivity index (χ0) is 28.1. The molecule has 3 heterocycles. The second-order valence-corrected chi connectivity index (χ2v) is 10.1. The molecule has 0 bridgehead atoms. The first-order valence-corrected chi connectivity index (χ1v) is 13.0. The van der Waals surface area contributed by atoms with Crippen LogP contribution in [0.4, 0.5) is 0 Å². The molecule has 0 aliphatic carbocycles. The summed E-state index contributed by atoms with van der Waals surface area (Å²) in [4.78, 5) is 28.4. The Morgan fingerprint density at radius 1 is 1.15 bits per heavy atom. The first-order chi connectivity index (χ1) is 18.7. The van der Waals surface area contributed by atoms with E-state index < -0.39 is 6.04 Å². The van der Waals surface area contributed by atoms with E-state index in [0.717, 1.165) is 17.0 Å². The van der Waals surface area contributed by atoms with E-state index in [-0.39, 0.29) is 23.8 Å². The summed E-state index contributed by atoms with van der Waals surface area (Å²) in [6.07, 6.45) is 4.15. The molecule has 210 valence electrons. The molecule has 1 N–H and O–H groups in total. The van der Waals surface area contributed by atoms with E-state index in [0.29, 0.717) is 49.7 Å². The standard InChI is InChI=1S/C27H37N7O5/c1-17(2)25(28-26(35)19-9-21(37-5)12-22(10-19)38-6)27(36)33-7-8-39-23(15-33)11-20-14-34(31-29-20)16-24-18(3)13-32(4)30-24/h9-10,12-14,17,23,25H,7-8,11,15-16H2,1-6H3,(H,28,35). The lowest BCUT2D eigenvalue weighted by atomic mass is 10.0. The molecule has 2 aromatic heterocycles. The zero-order valence-electron chi connectivity index (χ0n) is 23.4. The van der Waals surface area contributed by atoms with Crippen molar-refractivity contribution in [3.8, 4) is 11.5 Å². The highest BCUT2D eigenvalue weighted by molar-refractivity contribution is 5.98. The predicted molar refractivity (Wildman–Crippen MR) is 143 cm³/mol. The van der Waals surface area contributed by atoms with Crippen LogP contribution in [-0.4, -0.2) is 87.6 Å². The molecular formula is C27H37N7O5. The molecule has 1 fully saturated rings. The molecule has 2 amide bonds. The molecule has 0 radical (unpaired) electrons. The number of nitrogens with one attached hydrogen (secondary N) is 1. The van der Waals surface area contributed by atoms with Gasteiger partial charge in [0.15, 0.2) is 0 Å². The lowest BCUT2D eigenvalue weighted by molar-refractivity contribution is -0.141. The van der Waals surface area contributed by atoms with Gasteiger partial charge in [0.1, 0.15) is 17.5 Å². The Kier molecular flexibility index (Phi) is 8.85. The number of hydrogen-bond acceptors (Lipinski definition) is 8. The van der Waals surface area contributed by atoms with Crippen molar-refractivity contribution in [3.05, 3.63) is 53.1 Å². The van der Waals surface area contributed by atoms with Crippen LogP contribution in [0.5, 0.6) is 11.5 Å². The quantitative estimate of drug-likeness (QED) is 0.412. The first-order valence-electron chi connectivity index (χ1n) is 13.0. The molecule has 4 rings (SSSR count). The van der Waals surface area contributed by atoms with Gasteiger partial charge in [0.05, 0.1) is 44.9 Å². The molecule has 0 saturated carbocycles. The maximum absolute atomic E-state index is 13.6.